The van der Waals surface area contributed by atoms with E-state index in [4.69, 9.17) is 10.8 Å². The molecule has 1 amide bonds. The third-order valence-corrected chi connectivity index (χ3v) is 2.87. The van der Waals surface area contributed by atoms with Crippen molar-refractivity contribution >= 4 is 6.09 Å². The predicted molar refractivity (Wildman–Crippen MR) is 56.6 cm³/mol. The Hall–Kier alpha value is -1.55. The van der Waals surface area contributed by atoms with E-state index >= 15 is 0 Å². The Balaban J connectivity index is 2.30. The van der Waals surface area contributed by atoms with Crippen molar-refractivity contribution in [1.29, 1.82) is 0 Å². The van der Waals surface area contributed by atoms with Crippen molar-refractivity contribution in [2.45, 2.75) is 19.0 Å². The summed E-state index contributed by atoms with van der Waals surface area (Å²) in [6.07, 6.45) is -0.168. The van der Waals surface area contributed by atoms with Crippen molar-refractivity contribution in [1.82, 2.24) is 4.90 Å². The summed E-state index contributed by atoms with van der Waals surface area (Å²) in [5.74, 6) is 0. The van der Waals surface area contributed by atoms with Crippen LogP contribution in [0.1, 0.15) is 11.1 Å². The van der Waals surface area contributed by atoms with Gasteiger partial charge in [0.25, 0.3) is 0 Å². The first-order valence-corrected chi connectivity index (χ1v) is 4.98. The second kappa shape index (κ2) is 3.90. The largest absolute Gasteiger partial charge is 0.465 e. The van der Waals surface area contributed by atoms with Gasteiger partial charge in [-0.05, 0) is 17.5 Å². The molecule has 1 aliphatic rings. The lowest BCUT2D eigenvalue weighted by Gasteiger charge is -2.34. The number of fused-ring (bicyclic) bond motifs is 1. The molecule has 2 rings (SSSR count). The molecule has 15 heavy (non-hydrogen) atoms. The summed E-state index contributed by atoms with van der Waals surface area (Å²) < 4.78 is 0. The lowest BCUT2D eigenvalue weighted by molar-refractivity contribution is 0.116. The van der Waals surface area contributed by atoms with Crippen molar-refractivity contribution in [2.24, 2.45) is 5.73 Å². The Morgan fingerprint density at radius 1 is 1.47 bits per heavy atom. The van der Waals surface area contributed by atoms with Gasteiger partial charge in [0.05, 0.1) is 6.04 Å². The van der Waals surface area contributed by atoms with Gasteiger partial charge in [-0.25, -0.2) is 4.79 Å². The quantitative estimate of drug-likeness (QED) is 0.721. The number of amides is 1. The van der Waals surface area contributed by atoms with E-state index in [0.29, 0.717) is 13.1 Å². The summed E-state index contributed by atoms with van der Waals surface area (Å²) in [5.41, 5.74) is 7.88. The fourth-order valence-electron chi connectivity index (χ4n) is 2.02. The fourth-order valence-corrected chi connectivity index (χ4v) is 2.02. The number of hydrogen-bond acceptors (Lipinski definition) is 2. The Morgan fingerprint density at radius 2 is 2.13 bits per heavy atom. The van der Waals surface area contributed by atoms with Gasteiger partial charge < -0.3 is 10.8 Å². The van der Waals surface area contributed by atoms with E-state index in [-0.39, 0.29) is 6.04 Å². The Labute approximate surface area is 88.3 Å². The van der Waals surface area contributed by atoms with E-state index in [2.05, 4.69) is 0 Å². The maximum atomic E-state index is 11.0. The molecular weight excluding hydrogens is 192 g/mol. The molecule has 0 radical (unpaired) electrons. The van der Waals surface area contributed by atoms with Crippen LogP contribution in [0.4, 0.5) is 4.79 Å². The molecule has 4 heteroatoms. The van der Waals surface area contributed by atoms with Gasteiger partial charge in [0.15, 0.2) is 0 Å². The normalized spacial score (nSPS) is 19.8. The Kier molecular flexibility index (Phi) is 2.60. The molecule has 1 heterocycles. The predicted octanol–water partition coefficient (Wildman–Crippen LogP) is 1.05. The molecule has 0 aromatic heterocycles. The molecule has 0 fully saturated rings. The third-order valence-electron chi connectivity index (χ3n) is 2.87. The van der Waals surface area contributed by atoms with Crippen molar-refractivity contribution in [3.05, 3.63) is 35.4 Å². The van der Waals surface area contributed by atoms with E-state index < -0.39 is 6.09 Å². The number of benzene rings is 1. The first kappa shape index (κ1) is 9.98. The van der Waals surface area contributed by atoms with Gasteiger partial charge in [-0.3, -0.25) is 4.90 Å². The van der Waals surface area contributed by atoms with Crippen LogP contribution in [0.5, 0.6) is 0 Å². The molecule has 0 spiro atoms. The zero-order valence-corrected chi connectivity index (χ0v) is 8.39. The minimum Gasteiger partial charge on any atom is -0.465 e. The molecule has 0 saturated carbocycles. The number of hydrogen-bond donors (Lipinski definition) is 2. The van der Waals surface area contributed by atoms with Gasteiger partial charge in [-0.15, -0.1) is 0 Å². The summed E-state index contributed by atoms with van der Waals surface area (Å²) in [7, 11) is 0. The lowest BCUT2D eigenvalue weighted by Crippen LogP contribution is -2.47. The van der Waals surface area contributed by atoms with Crippen molar-refractivity contribution in [2.75, 3.05) is 6.54 Å². The first-order chi connectivity index (χ1) is 7.22. The molecule has 0 saturated heterocycles. The highest BCUT2D eigenvalue weighted by atomic mass is 16.4. The van der Waals surface area contributed by atoms with Gasteiger partial charge in [0.2, 0.25) is 0 Å². The van der Waals surface area contributed by atoms with Gasteiger partial charge in [0, 0.05) is 13.1 Å². The average molecular weight is 206 g/mol. The highest BCUT2D eigenvalue weighted by molar-refractivity contribution is 5.66. The number of nitrogens with two attached hydrogens (primary N) is 1. The van der Waals surface area contributed by atoms with Crippen LogP contribution in [-0.2, 0) is 13.0 Å². The summed E-state index contributed by atoms with van der Waals surface area (Å²) in [6.45, 7) is 0.827. The van der Waals surface area contributed by atoms with Crippen LogP contribution in [0.3, 0.4) is 0 Å². The maximum Gasteiger partial charge on any atom is 0.407 e. The van der Waals surface area contributed by atoms with Crippen molar-refractivity contribution < 1.29 is 9.90 Å². The number of carboxylic acid groups (broad SMARTS) is 1. The van der Waals surface area contributed by atoms with Crippen LogP contribution in [-0.4, -0.2) is 28.7 Å². The van der Waals surface area contributed by atoms with Crippen LogP contribution >= 0.6 is 0 Å². The second-order valence-corrected chi connectivity index (χ2v) is 3.77. The summed E-state index contributed by atoms with van der Waals surface area (Å²) in [5, 5.41) is 9.04. The Morgan fingerprint density at radius 3 is 2.73 bits per heavy atom. The molecule has 0 aliphatic carbocycles. The Bertz CT molecular complexity index is 379. The monoisotopic (exact) mass is 206 g/mol. The van der Waals surface area contributed by atoms with Crippen LogP contribution < -0.4 is 5.73 Å². The van der Waals surface area contributed by atoms with E-state index in [1.165, 1.54) is 10.5 Å². The van der Waals surface area contributed by atoms with Crippen molar-refractivity contribution in [3.8, 4) is 0 Å². The maximum absolute atomic E-state index is 11.0. The third kappa shape index (κ3) is 1.80. The molecule has 1 aliphatic heterocycles. The van der Waals surface area contributed by atoms with E-state index in [9.17, 15) is 4.79 Å². The van der Waals surface area contributed by atoms with Crippen LogP contribution in [0, 0.1) is 0 Å². The number of rotatable bonds is 1. The van der Waals surface area contributed by atoms with Gasteiger partial charge in [0.1, 0.15) is 0 Å². The van der Waals surface area contributed by atoms with Gasteiger partial charge in [-0.1, -0.05) is 24.3 Å². The zero-order chi connectivity index (χ0) is 10.8. The summed E-state index contributed by atoms with van der Waals surface area (Å²) in [6, 6.07) is 7.83. The molecular formula is C11H14N2O2. The lowest BCUT2D eigenvalue weighted by atomic mass is 9.94. The average Bonchev–Trinajstić information content (AvgIpc) is 2.27. The van der Waals surface area contributed by atoms with Gasteiger partial charge >= 0.3 is 6.09 Å². The summed E-state index contributed by atoms with van der Waals surface area (Å²) in [4.78, 5) is 12.4. The van der Waals surface area contributed by atoms with Crippen molar-refractivity contribution in [3.63, 3.8) is 0 Å². The van der Waals surface area contributed by atoms with E-state index in [1.807, 2.05) is 24.3 Å². The minimum atomic E-state index is -0.889. The van der Waals surface area contributed by atoms with E-state index in [0.717, 1.165) is 12.0 Å². The van der Waals surface area contributed by atoms with Crippen LogP contribution in [0.25, 0.3) is 0 Å². The second-order valence-electron chi connectivity index (χ2n) is 3.77. The molecule has 0 unspecified atom stereocenters. The molecule has 0 bridgehead atoms. The molecule has 1 aromatic carbocycles. The number of carbonyl (C=O) groups is 1. The zero-order valence-electron chi connectivity index (χ0n) is 8.39. The molecule has 80 valence electrons. The molecule has 1 aromatic rings. The molecule has 4 nitrogen and oxygen atoms in total. The van der Waals surface area contributed by atoms with Crippen LogP contribution in [0.2, 0.25) is 0 Å². The van der Waals surface area contributed by atoms with Gasteiger partial charge in [-0.2, -0.15) is 0 Å². The topological polar surface area (TPSA) is 66.6 Å². The molecule has 1 atom stereocenters. The smallest absolute Gasteiger partial charge is 0.407 e. The highest BCUT2D eigenvalue weighted by Gasteiger charge is 2.28. The fraction of sp³-hybridized carbons (Fsp3) is 0.364. The first-order valence-electron chi connectivity index (χ1n) is 4.98. The number of nitrogens with zero attached hydrogens (tertiary/aromatic N) is 1. The minimum absolute atomic E-state index is 0.0857. The standard InChI is InChI=1S/C11H14N2O2/c12-6-10-5-8-3-1-2-4-9(8)7-13(10)11(14)15/h1-4,10H,5-7,12H2,(H,14,15)/t10-/m0/s1. The SMILES string of the molecule is NC[C@@H]1Cc2ccccc2CN1C(=O)O. The van der Waals surface area contributed by atoms with Crippen LogP contribution in [0.15, 0.2) is 24.3 Å². The van der Waals surface area contributed by atoms with E-state index in [1.54, 1.807) is 0 Å². The molecule has 3 N–H and O–H groups in total. The highest BCUT2D eigenvalue weighted by Crippen LogP contribution is 2.22. The summed E-state index contributed by atoms with van der Waals surface area (Å²) >= 11 is 0.